The molecule has 0 aromatic rings. The lowest BCUT2D eigenvalue weighted by Gasteiger charge is -2.00. The predicted octanol–water partition coefficient (Wildman–Crippen LogP) is -0.657. The molecule has 2 N–H and O–H groups in total. The van der Waals surface area contributed by atoms with Crippen LogP contribution in [-0.2, 0) is 4.84 Å². The fourth-order valence-corrected chi connectivity index (χ4v) is 1.02. The van der Waals surface area contributed by atoms with Crippen molar-refractivity contribution in [3.05, 3.63) is 0 Å². The molecule has 0 radical (unpaired) electrons. The second-order valence-electron chi connectivity index (χ2n) is 2.30. The van der Waals surface area contributed by atoms with Crippen molar-refractivity contribution in [1.82, 2.24) is 5.32 Å². The van der Waals surface area contributed by atoms with Gasteiger partial charge in [-0.2, -0.15) is 0 Å². The average molecular weight is 144 g/mol. The zero-order valence-corrected chi connectivity index (χ0v) is 6.00. The van der Waals surface area contributed by atoms with E-state index < -0.39 is 0 Å². The van der Waals surface area contributed by atoms with Crippen LogP contribution in [0, 0.1) is 0 Å². The van der Waals surface area contributed by atoms with Crippen LogP contribution in [0.3, 0.4) is 0 Å². The molecular formula is C6H12N2O2. The van der Waals surface area contributed by atoms with Crippen molar-refractivity contribution in [3.63, 3.8) is 0 Å². The summed E-state index contributed by atoms with van der Waals surface area (Å²) in [6, 6.07) is 0.175. The van der Waals surface area contributed by atoms with Crippen molar-refractivity contribution in [2.75, 3.05) is 20.3 Å². The highest BCUT2D eigenvalue weighted by molar-refractivity contribution is 5.88. The molecule has 1 aliphatic rings. The fraction of sp³-hybridized carbons (Fsp3) is 0.833. The molecule has 1 atom stereocenters. The Hall–Kier alpha value is -0.610. The zero-order valence-electron chi connectivity index (χ0n) is 6.00. The molecule has 1 saturated heterocycles. The summed E-state index contributed by atoms with van der Waals surface area (Å²) < 4.78 is 0. The van der Waals surface area contributed by atoms with Crippen LogP contribution in [0.1, 0.15) is 6.42 Å². The maximum atomic E-state index is 8.69. The van der Waals surface area contributed by atoms with E-state index in [-0.39, 0.29) is 12.6 Å². The van der Waals surface area contributed by atoms with Gasteiger partial charge in [0, 0.05) is 19.0 Å². The van der Waals surface area contributed by atoms with Gasteiger partial charge in [0.05, 0.1) is 12.3 Å². The van der Waals surface area contributed by atoms with E-state index in [0.29, 0.717) is 0 Å². The van der Waals surface area contributed by atoms with Crippen LogP contribution >= 0.6 is 0 Å². The van der Waals surface area contributed by atoms with E-state index in [4.69, 9.17) is 5.11 Å². The number of rotatable bonds is 2. The summed E-state index contributed by atoms with van der Waals surface area (Å²) in [5, 5.41) is 15.5. The normalized spacial score (nSPS) is 29.4. The summed E-state index contributed by atoms with van der Waals surface area (Å²) in [7, 11) is 1.53. The van der Waals surface area contributed by atoms with Crippen molar-refractivity contribution >= 4 is 5.71 Å². The summed E-state index contributed by atoms with van der Waals surface area (Å²) in [6.07, 6.45) is 0.796. The van der Waals surface area contributed by atoms with E-state index in [9.17, 15) is 0 Å². The molecule has 10 heavy (non-hydrogen) atoms. The first-order valence-electron chi connectivity index (χ1n) is 3.30. The number of aliphatic hydroxyl groups excluding tert-OH is 1. The average Bonchev–Trinajstić information content (AvgIpc) is 2.37. The quantitative estimate of drug-likeness (QED) is 0.506. The molecule has 0 aliphatic carbocycles. The Bertz CT molecular complexity index is 136. The summed E-state index contributed by atoms with van der Waals surface area (Å²) in [5.41, 5.74) is 0.974. The molecule has 0 aromatic heterocycles. The van der Waals surface area contributed by atoms with Gasteiger partial charge in [-0.1, -0.05) is 5.16 Å². The maximum Gasteiger partial charge on any atom is 0.106 e. The molecule has 1 heterocycles. The number of hydrogen-bond donors (Lipinski definition) is 2. The molecule has 0 amide bonds. The van der Waals surface area contributed by atoms with Crippen molar-refractivity contribution in [3.8, 4) is 0 Å². The highest BCUT2D eigenvalue weighted by Gasteiger charge is 2.18. The third kappa shape index (κ3) is 1.68. The lowest BCUT2D eigenvalue weighted by atomic mass is 10.2. The van der Waals surface area contributed by atoms with Gasteiger partial charge in [0.2, 0.25) is 0 Å². The minimum absolute atomic E-state index is 0.169. The second-order valence-corrected chi connectivity index (χ2v) is 2.30. The molecule has 58 valence electrons. The van der Waals surface area contributed by atoms with Crippen LogP contribution in [0.15, 0.2) is 5.16 Å². The van der Waals surface area contributed by atoms with E-state index in [2.05, 4.69) is 15.3 Å². The Balaban J connectivity index is 2.35. The number of aliphatic hydroxyl groups is 1. The zero-order chi connectivity index (χ0) is 7.40. The molecule has 0 bridgehead atoms. The Morgan fingerprint density at radius 1 is 1.90 bits per heavy atom. The van der Waals surface area contributed by atoms with Gasteiger partial charge in [-0.15, -0.1) is 0 Å². The van der Waals surface area contributed by atoms with Crippen LogP contribution in [0.25, 0.3) is 0 Å². The van der Waals surface area contributed by atoms with Gasteiger partial charge >= 0.3 is 0 Å². The molecule has 0 aromatic carbocycles. The number of hydrogen-bond acceptors (Lipinski definition) is 4. The van der Waals surface area contributed by atoms with Gasteiger partial charge in [-0.05, 0) is 0 Å². The largest absolute Gasteiger partial charge is 0.399 e. The minimum Gasteiger partial charge on any atom is -0.399 e. The van der Waals surface area contributed by atoms with E-state index in [1.807, 2.05) is 0 Å². The molecule has 0 spiro atoms. The smallest absolute Gasteiger partial charge is 0.106 e. The summed E-state index contributed by atoms with van der Waals surface area (Å²) in [5.74, 6) is 0. The van der Waals surface area contributed by atoms with Gasteiger partial charge in [-0.3, -0.25) is 0 Å². The van der Waals surface area contributed by atoms with Gasteiger partial charge in [0.25, 0.3) is 0 Å². The standard InChI is InChI=1S/C6H12N2O2/c1-10-8-5-2-6(4-9)7-3-5/h6-7,9H,2-4H2,1H3/b8-5-/t6-/m0/s1. The predicted molar refractivity (Wildman–Crippen MR) is 37.9 cm³/mol. The maximum absolute atomic E-state index is 8.69. The van der Waals surface area contributed by atoms with Crippen LogP contribution in [-0.4, -0.2) is 37.1 Å². The topological polar surface area (TPSA) is 53.8 Å². The third-order valence-corrected chi connectivity index (χ3v) is 1.52. The Kier molecular flexibility index (Phi) is 2.65. The monoisotopic (exact) mass is 144 g/mol. The molecule has 4 nitrogen and oxygen atoms in total. The summed E-state index contributed by atoms with van der Waals surface area (Å²) >= 11 is 0. The van der Waals surface area contributed by atoms with E-state index in [1.165, 1.54) is 7.11 Å². The van der Waals surface area contributed by atoms with Crippen LogP contribution in [0.4, 0.5) is 0 Å². The molecule has 1 aliphatic heterocycles. The number of nitrogens with zero attached hydrogens (tertiary/aromatic N) is 1. The first-order valence-corrected chi connectivity index (χ1v) is 3.30. The second kappa shape index (κ2) is 3.53. The number of oxime groups is 1. The van der Waals surface area contributed by atoms with Crippen LogP contribution in [0.5, 0.6) is 0 Å². The fourth-order valence-electron chi connectivity index (χ4n) is 1.02. The highest BCUT2D eigenvalue weighted by atomic mass is 16.6. The Labute approximate surface area is 59.9 Å². The summed E-state index contributed by atoms with van der Waals surface area (Å²) in [4.78, 5) is 4.58. The number of nitrogens with one attached hydrogen (secondary N) is 1. The van der Waals surface area contributed by atoms with Crippen LogP contribution in [0.2, 0.25) is 0 Å². The van der Waals surface area contributed by atoms with Gasteiger partial charge < -0.3 is 15.3 Å². The SMILES string of the molecule is CO/N=C1\CN[C@H](CO)C1. The molecular weight excluding hydrogens is 132 g/mol. The molecule has 0 unspecified atom stereocenters. The minimum atomic E-state index is 0.169. The Morgan fingerprint density at radius 3 is 3.20 bits per heavy atom. The van der Waals surface area contributed by atoms with Crippen LogP contribution < -0.4 is 5.32 Å². The first-order chi connectivity index (χ1) is 4.86. The lowest BCUT2D eigenvalue weighted by Crippen LogP contribution is -2.24. The van der Waals surface area contributed by atoms with Gasteiger partial charge in [0.15, 0.2) is 0 Å². The van der Waals surface area contributed by atoms with Gasteiger partial charge in [-0.25, -0.2) is 0 Å². The molecule has 1 fully saturated rings. The van der Waals surface area contributed by atoms with Crippen molar-refractivity contribution in [2.24, 2.45) is 5.16 Å². The molecule has 1 rings (SSSR count). The van der Waals surface area contributed by atoms with E-state index >= 15 is 0 Å². The van der Waals surface area contributed by atoms with Gasteiger partial charge in [0.1, 0.15) is 7.11 Å². The molecule has 0 saturated carbocycles. The van der Waals surface area contributed by atoms with E-state index in [0.717, 1.165) is 18.7 Å². The lowest BCUT2D eigenvalue weighted by molar-refractivity contribution is 0.212. The van der Waals surface area contributed by atoms with Crippen molar-refractivity contribution < 1.29 is 9.94 Å². The molecule has 4 heteroatoms. The Morgan fingerprint density at radius 2 is 2.70 bits per heavy atom. The third-order valence-electron chi connectivity index (χ3n) is 1.52. The van der Waals surface area contributed by atoms with E-state index in [1.54, 1.807) is 0 Å². The van der Waals surface area contributed by atoms with Crippen molar-refractivity contribution in [1.29, 1.82) is 0 Å². The first kappa shape index (κ1) is 7.50. The summed E-state index contributed by atoms with van der Waals surface area (Å²) in [6.45, 7) is 0.905. The highest BCUT2D eigenvalue weighted by Crippen LogP contribution is 2.02. The van der Waals surface area contributed by atoms with Crippen molar-refractivity contribution in [2.45, 2.75) is 12.5 Å².